The number of likely N-dealkylation sites (N-methyl/N-ethyl adjacent to an activating group) is 1. The van der Waals surface area contributed by atoms with Gasteiger partial charge in [0.25, 0.3) is 11.8 Å². The Morgan fingerprint density at radius 1 is 1.12 bits per heavy atom. The molecule has 3 aromatic rings. The molecule has 0 radical (unpaired) electrons. The van der Waals surface area contributed by atoms with E-state index >= 15 is 0 Å². The van der Waals surface area contributed by atoms with Crippen molar-refractivity contribution in [3.63, 3.8) is 0 Å². The van der Waals surface area contributed by atoms with E-state index in [0.717, 1.165) is 28.5 Å². The van der Waals surface area contributed by atoms with Crippen LogP contribution in [0.2, 0.25) is 0 Å². The van der Waals surface area contributed by atoms with Crippen LogP contribution in [0.3, 0.4) is 0 Å². The van der Waals surface area contributed by atoms with Gasteiger partial charge in [-0.3, -0.25) is 9.59 Å². The minimum atomic E-state index is -0.643. The van der Waals surface area contributed by atoms with Gasteiger partial charge in [-0.1, -0.05) is 24.3 Å². The summed E-state index contributed by atoms with van der Waals surface area (Å²) in [6.45, 7) is 0.556. The van der Waals surface area contributed by atoms with Crippen molar-refractivity contribution in [3.8, 4) is 5.75 Å². The second-order valence-corrected chi connectivity index (χ2v) is 8.99. The summed E-state index contributed by atoms with van der Waals surface area (Å²) in [6, 6.07) is 14.7. The molecule has 1 fully saturated rings. The predicted octanol–water partition coefficient (Wildman–Crippen LogP) is 3.72. The smallest absolute Gasteiger partial charge is 0.329 e. The number of thiophene rings is 1. The number of carbonyl (C=O) groups is 3. The first-order valence-electron chi connectivity index (χ1n) is 10.8. The monoisotopic (exact) mass is 466 g/mol. The molecule has 1 aromatic heterocycles. The van der Waals surface area contributed by atoms with Crippen LogP contribution in [0.15, 0.2) is 53.9 Å². The zero-order chi connectivity index (χ0) is 23.4. The van der Waals surface area contributed by atoms with Gasteiger partial charge in [0.2, 0.25) is 0 Å². The molecule has 4 rings (SSSR count). The zero-order valence-electron chi connectivity index (χ0n) is 18.7. The number of hydrogen-bond acceptors (Lipinski definition) is 6. The third-order valence-corrected chi connectivity index (χ3v) is 6.67. The second kappa shape index (κ2) is 10.0. The summed E-state index contributed by atoms with van der Waals surface area (Å²) in [5.74, 6) is -0.199. The third-order valence-electron chi connectivity index (χ3n) is 5.81. The molecular formula is C25H26N2O5S. The first-order chi connectivity index (χ1) is 16.0. The highest BCUT2D eigenvalue weighted by Crippen LogP contribution is 2.24. The molecule has 1 aliphatic heterocycles. The van der Waals surface area contributed by atoms with Gasteiger partial charge in [0, 0.05) is 20.1 Å². The number of rotatable bonds is 7. The maximum atomic E-state index is 12.6. The summed E-state index contributed by atoms with van der Waals surface area (Å²) in [5.41, 5.74) is 0.971. The van der Waals surface area contributed by atoms with Crippen molar-refractivity contribution in [1.82, 2.24) is 9.80 Å². The van der Waals surface area contributed by atoms with Gasteiger partial charge in [-0.2, -0.15) is 0 Å². The average Bonchev–Trinajstić information content (AvgIpc) is 3.54. The summed E-state index contributed by atoms with van der Waals surface area (Å²) < 4.78 is 10.6. The first-order valence-corrected chi connectivity index (χ1v) is 11.7. The Morgan fingerprint density at radius 2 is 1.91 bits per heavy atom. The molecule has 0 aliphatic carbocycles. The number of methoxy groups -OCH3 is 1. The highest BCUT2D eigenvalue weighted by molar-refractivity contribution is 7.12. The summed E-state index contributed by atoms with van der Waals surface area (Å²) in [7, 11) is 3.31. The molecule has 1 aliphatic rings. The molecule has 2 amide bonds. The lowest BCUT2D eigenvalue weighted by molar-refractivity contribution is -0.154. The lowest BCUT2D eigenvalue weighted by atomic mass is 10.1. The van der Waals surface area contributed by atoms with E-state index in [1.165, 1.54) is 16.2 Å². The molecule has 0 saturated carbocycles. The molecule has 0 spiro atoms. The summed E-state index contributed by atoms with van der Waals surface area (Å²) in [5, 5.41) is 3.94. The number of carbonyl (C=O) groups excluding carboxylic acids is 3. The van der Waals surface area contributed by atoms with Crippen molar-refractivity contribution in [2.24, 2.45) is 0 Å². The van der Waals surface area contributed by atoms with Crippen LogP contribution in [-0.2, 0) is 20.9 Å². The fraction of sp³-hybridized carbons (Fsp3) is 0.320. The molecule has 2 aromatic carbocycles. The topological polar surface area (TPSA) is 76.2 Å². The quantitative estimate of drug-likeness (QED) is 0.496. The van der Waals surface area contributed by atoms with Crippen molar-refractivity contribution >= 4 is 39.9 Å². The van der Waals surface area contributed by atoms with Crippen molar-refractivity contribution in [1.29, 1.82) is 0 Å². The molecule has 0 N–H and O–H groups in total. The molecule has 7 nitrogen and oxygen atoms in total. The van der Waals surface area contributed by atoms with Gasteiger partial charge in [0.15, 0.2) is 6.61 Å². The zero-order valence-corrected chi connectivity index (χ0v) is 19.5. The fourth-order valence-electron chi connectivity index (χ4n) is 4.00. The minimum Gasteiger partial charge on any atom is -0.497 e. The predicted molar refractivity (Wildman–Crippen MR) is 126 cm³/mol. The van der Waals surface area contributed by atoms with Gasteiger partial charge in [0.1, 0.15) is 11.8 Å². The highest BCUT2D eigenvalue weighted by atomic mass is 32.1. The summed E-state index contributed by atoms with van der Waals surface area (Å²) >= 11 is 1.35. The van der Waals surface area contributed by atoms with E-state index in [4.69, 9.17) is 9.47 Å². The van der Waals surface area contributed by atoms with Gasteiger partial charge in [-0.05, 0) is 58.8 Å². The third kappa shape index (κ3) is 5.17. The van der Waals surface area contributed by atoms with Crippen molar-refractivity contribution < 1.29 is 23.9 Å². The molecule has 1 saturated heterocycles. The van der Waals surface area contributed by atoms with Crippen molar-refractivity contribution in [3.05, 3.63) is 64.4 Å². The van der Waals surface area contributed by atoms with Gasteiger partial charge in [-0.25, -0.2) is 4.79 Å². The largest absolute Gasteiger partial charge is 0.497 e. The molecular weight excluding hydrogens is 440 g/mol. The van der Waals surface area contributed by atoms with E-state index in [0.29, 0.717) is 24.4 Å². The summed E-state index contributed by atoms with van der Waals surface area (Å²) in [6.07, 6.45) is 1.28. The number of likely N-dealkylation sites (tertiary alicyclic amines) is 1. The van der Waals surface area contributed by atoms with E-state index in [-0.39, 0.29) is 18.4 Å². The van der Waals surface area contributed by atoms with Crippen LogP contribution in [0.1, 0.15) is 28.1 Å². The van der Waals surface area contributed by atoms with Crippen LogP contribution in [0, 0.1) is 0 Å². The number of esters is 1. The van der Waals surface area contributed by atoms with Gasteiger partial charge >= 0.3 is 5.97 Å². The molecule has 1 atom stereocenters. The Bertz CT molecular complexity index is 1160. The standard InChI is InChI=1S/C25H26N2O5S/c1-26(15-17-7-8-19-14-20(31-2)10-9-18(19)13-17)23(28)16-32-25(30)21-5-3-11-27(21)24(29)22-6-4-12-33-22/h4,6-10,12-14,21H,3,5,11,15-16H2,1-2H3/t21-/m0/s1. The van der Waals surface area contributed by atoms with E-state index in [9.17, 15) is 14.4 Å². The first kappa shape index (κ1) is 22.8. The van der Waals surface area contributed by atoms with Crippen LogP contribution in [-0.4, -0.2) is 60.9 Å². The van der Waals surface area contributed by atoms with E-state index in [1.807, 2.05) is 47.8 Å². The Kier molecular flexibility index (Phi) is 6.93. The van der Waals surface area contributed by atoms with Gasteiger partial charge in [0.05, 0.1) is 12.0 Å². The number of hydrogen-bond donors (Lipinski definition) is 0. The van der Waals surface area contributed by atoms with E-state index < -0.39 is 12.0 Å². The van der Waals surface area contributed by atoms with Gasteiger partial charge < -0.3 is 19.3 Å². The lowest BCUT2D eigenvalue weighted by Gasteiger charge is -2.23. The maximum Gasteiger partial charge on any atom is 0.329 e. The van der Waals surface area contributed by atoms with Gasteiger partial charge in [-0.15, -0.1) is 11.3 Å². The number of nitrogens with zero attached hydrogens (tertiary/aromatic N) is 2. The van der Waals surface area contributed by atoms with Crippen molar-refractivity contribution in [2.75, 3.05) is 27.3 Å². The molecule has 172 valence electrons. The van der Waals surface area contributed by atoms with Crippen LogP contribution in [0.5, 0.6) is 5.75 Å². The number of benzene rings is 2. The Labute approximate surface area is 196 Å². The highest BCUT2D eigenvalue weighted by Gasteiger charge is 2.36. The lowest BCUT2D eigenvalue weighted by Crippen LogP contribution is -2.42. The molecule has 8 heteroatoms. The molecule has 0 bridgehead atoms. The molecule has 33 heavy (non-hydrogen) atoms. The normalized spacial score (nSPS) is 15.5. The molecule has 2 heterocycles. The minimum absolute atomic E-state index is 0.165. The van der Waals surface area contributed by atoms with E-state index in [1.54, 1.807) is 25.1 Å². The van der Waals surface area contributed by atoms with Crippen LogP contribution in [0.25, 0.3) is 10.8 Å². The van der Waals surface area contributed by atoms with Crippen LogP contribution < -0.4 is 4.74 Å². The van der Waals surface area contributed by atoms with Crippen LogP contribution in [0.4, 0.5) is 0 Å². The molecule has 0 unspecified atom stereocenters. The SMILES string of the molecule is COc1ccc2cc(CN(C)C(=O)COC(=O)[C@@H]3CCCN3C(=O)c3cccs3)ccc2c1. The van der Waals surface area contributed by atoms with E-state index in [2.05, 4.69) is 0 Å². The number of ether oxygens (including phenoxy) is 2. The van der Waals surface area contributed by atoms with Crippen molar-refractivity contribution in [2.45, 2.75) is 25.4 Å². The maximum absolute atomic E-state index is 12.6. The average molecular weight is 467 g/mol. The number of fused-ring (bicyclic) bond motifs is 1. The Hall–Kier alpha value is -3.39. The second-order valence-electron chi connectivity index (χ2n) is 8.04. The summed E-state index contributed by atoms with van der Waals surface area (Å²) in [4.78, 5) is 41.5. The fourth-order valence-corrected chi connectivity index (χ4v) is 4.68. The Morgan fingerprint density at radius 3 is 2.67 bits per heavy atom. The Balaban J connectivity index is 1.32. The number of amides is 2. The van der Waals surface area contributed by atoms with Crippen LogP contribution >= 0.6 is 11.3 Å².